The van der Waals surface area contributed by atoms with E-state index in [9.17, 15) is 9.18 Å². The SMILES string of the molecule is C=CCn1c(-c2ccc(F)cc2)cccc1=O. The average Bonchev–Trinajstić information content (AvgIpc) is 2.33. The number of benzene rings is 1. The fourth-order valence-corrected chi connectivity index (χ4v) is 1.71. The number of halogens is 1. The van der Waals surface area contributed by atoms with Gasteiger partial charge < -0.3 is 4.57 Å². The maximum Gasteiger partial charge on any atom is 0.251 e. The minimum absolute atomic E-state index is 0.0910. The number of allylic oxidation sites excluding steroid dienone is 1. The first kappa shape index (κ1) is 11.3. The Bertz CT molecular complexity index is 584. The third-order valence-electron chi connectivity index (χ3n) is 2.50. The number of pyridine rings is 1. The summed E-state index contributed by atoms with van der Waals surface area (Å²) in [6.45, 7) is 4.06. The van der Waals surface area contributed by atoms with Crippen LogP contribution in [0.4, 0.5) is 4.39 Å². The van der Waals surface area contributed by atoms with Crippen molar-refractivity contribution in [2.24, 2.45) is 0 Å². The normalized spacial score (nSPS) is 10.2. The summed E-state index contributed by atoms with van der Waals surface area (Å²) in [5.74, 6) is -0.290. The van der Waals surface area contributed by atoms with Gasteiger partial charge in [0.05, 0.1) is 5.69 Å². The number of aromatic nitrogens is 1. The number of rotatable bonds is 3. The lowest BCUT2D eigenvalue weighted by Gasteiger charge is -2.10. The van der Waals surface area contributed by atoms with E-state index in [4.69, 9.17) is 0 Å². The van der Waals surface area contributed by atoms with E-state index in [2.05, 4.69) is 6.58 Å². The first-order chi connectivity index (χ1) is 8.22. The van der Waals surface area contributed by atoms with Gasteiger partial charge >= 0.3 is 0 Å². The molecule has 0 radical (unpaired) electrons. The van der Waals surface area contributed by atoms with Crippen LogP contribution < -0.4 is 5.56 Å². The molecule has 0 spiro atoms. The van der Waals surface area contributed by atoms with Crippen molar-refractivity contribution in [2.75, 3.05) is 0 Å². The van der Waals surface area contributed by atoms with Gasteiger partial charge in [-0.3, -0.25) is 4.79 Å². The Hall–Kier alpha value is -2.16. The highest BCUT2D eigenvalue weighted by Gasteiger charge is 2.04. The fraction of sp³-hybridized carbons (Fsp3) is 0.0714. The van der Waals surface area contributed by atoms with E-state index in [1.165, 1.54) is 18.2 Å². The van der Waals surface area contributed by atoms with Gasteiger partial charge in [-0.15, -0.1) is 6.58 Å². The van der Waals surface area contributed by atoms with Crippen molar-refractivity contribution in [3.63, 3.8) is 0 Å². The van der Waals surface area contributed by atoms with Gasteiger partial charge in [0.1, 0.15) is 5.82 Å². The first-order valence-corrected chi connectivity index (χ1v) is 5.29. The Labute approximate surface area is 98.7 Å². The molecule has 0 fully saturated rings. The van der Waals surface area contributed by atoms with Gasteiger partial charge in [0.2, 0.25) is 0 Å². The number of hydrogen-bond donors (Lipinski definition) is 0. The zero-order valence-electron chi connectivity index (χ0n) is 9.27. The molecule has 2 rings (SSSR count). The van der Waals surface area contributed by atoms with Crippen LogP contribution in [0.5, 0.6) is 0 Å². The molecule has 0 atom stereocenters. The highest BCUT2D eigenvalue weighted by atomic mass is 19.1. The summed E-state index contributed by atoms with van der Waals surface area (Å²) in [4.78, 5) is 11.7. The molecule has 0 aliphatic carbocycles. The molecule has 2 nitrogen and oxygen atoms in total. The van der Waals surface area contributed by atoms with Gasteiger partial charge in [0.15, 0.2) is 0 Å². The van der Waals surface area contributed by atoms with E-state index in [1.54, 1.807) is 28.8 Å². The van der Waals surface area contributed by atoms with Crippen LogP contribution in [0, 0.1) is 5.82 Å². The standard InChI is InChI=1S/C14H12FNO/c1-2-10-16-13(4-3-5-14(16)17)11-6-8-12(15)9-7-11/h2-9H,1,10H2. The molecule has 0 saturated carbocycles. The Balaban J connectivity index is 2.58. The molecule has 1 aromatic heterocycles. The van der Waals surface area contributed by atoms with Crippen molar-refractivity contribution in [3.8, 4) is 11.3 Å². The van der Waals surface area contributed by atoms with E-state index >= 15 is 0 Å². The Morgan fingerprint density at radius 3 is 2.53 bits per heavy atom. The van der Waals surface area contributed by atoms with Gasteiger partial charge in [-0.1, -0.05) is 12.1 Å². The summed E-state index contributed by atoms with van der Waals surface area (Å²) in [6.07, 6.45) is 1.66. The third-order valence-corrected chi connectivity index (χ3v) is 2.50. The Morgan fingerprint density at radius 1 is 1.18 bits per heavy atom. The highest BCUT2D eigenvalue weighted by Crippen LogP contribution is 2.18. The van der Waals surface area contributed by atoms with Crippen LogP contribution in [-0.2, 0) is 6.54 Å². The molecule has 0 aliphatic rings. The van der Waals surface area contributed by atoms with Crippen LogP contribution in [0.15, 0.2) is 59.9 Å². The number of hydrogen-bond acceptors (Lipinski definition) is 1. The maximum atomic E-state index is 12.8. The molecular weight excluding hydrogens is 217 g/mol. The summed E-state index contributed by atoms with van der Waals surface area (Å²) in [6, 6.07) is 11.1. The second kappa shape index (κ2) is 4.78. The van der Waals surface area contributed by atoms with Gasteiger partial charge in [-0.25, -0.2) is 4.39 Å². The zero-order chi connectivity index (χ0) is 12.3. The van der Waals surface area contributed by atoms with Crippen LogP contribution >= 0.6 is 0 Å². The number of nitrogens with zero attached hydrogens (tertiary/aromatic N) is 1. The maximum absolute atomic E-state index is 12.8. The van der Waals surface area contributed by atoms with Crippen LogP contribution in [-0.4, -0.2) is 4.57 Å². The van der Waals surface area contributed by atoms with Gasteiger partial charge in [-0.2, -0.15) is 0 Å². The van der Waals surface area contributed by atoms with Crippen molar-refractivity contribution < 1.29 is 4.39 Å². The van der Waals surface area contributed by atoms with Crippen LogP contribution in [0.1, 0.15) is 0 Å². The second-order valence-electron chi connectivity index (χ2n) is 3.66. The molecule has 2 aromatic rings. The molecule has 0 N–H and O–H groups in total. The van der Waals surface area contributed by atoms with E-state index in [-0.39, 0.29) is 11.4 Å². The molecule has 1 heterocycles. The van der Waals surface area contributed by atoms with E-state index in [1.807, 2.05) is 6.07 Å². The molecule has 0 unspecified atom stereocenters. The molecule has 0 amide bonds. The smallest absolute Gasteiger partial charge is 0.251 e. The van der Waals surface area contributed by atoms with Gasteiger partial charge in [-0.05, 0) is 35.9 Å². The minimum Gasteiger partial charge on any atom is -0.304 e. The van der Waals surface area contributed by atoms with Gasteiger partial charge in [0, 0.05) is 12.6 Å². The first-order valence-electron chi connectivity index (χ1n) is 5.29. The Morgan fingerprint density at radius 2 is 1.88 bits per heavy atom. The monoisotopic (exact) mass is 229 g/mol. The van der Waals surface area contributed by atoms with Crippen molar-refractivity contribution in [1.82, 2.24) is 4.57 Å². The molecule has 0 saturated heterocycles. The van der Waals surface area contributed by atoms with Crippen LogP contribution in [0.25, 0.3) is 11.3 Å². The lowest BCUT2D eigenvalue weighted by molar-refractivity contribution is 0.628. The topological polar surface area (TPSA) is 22.0 Å². The van der Waals surface area contributed by atoms with Crippen molar-refractivity contribution >= 4 is 0 Å². The lowest BCUT2D eigenvalue weighted by Crippen LogP contribution is -2.19. The fourth-order valence-electron chi connectivity index (χ4n) is 1.71. The van der Waals surface area contributed by atoms with Crippen molar-refractivity contribution in [3.05, 3.63) is 71.3 Å². The molecule has 86 valence electrons. The van der Waals surface area contributed by atoms with E-state index in [0.717, 1.165) is 11.3 Å². The quantitative estimate of drug-likeness (QED) is 0.742. The summed E-state index contributed by atoms with van der Waals surface area (Å²) in [7, 11) is 0. The molecule has 3 heteroatoms. The molecule has 1 aromatic carbocycles. The van der Waals surface area contributed by atoms with Crippen molar-refractivity contribution in [1.29, 1.82) is 0 Å². The third kappa shape index (κ3) is 2.33. The predicted octanol–water partition coefficient (Wildman–Crippen LogP) is 2.84. The summed E-state index contributed by atoms with van der Waals surface area (Å²) in [5, 5.41) is 0. The molecule has 0 aliphatic heterocycles. The van der Waals surface area contributed by atoms with E-state index in [0.29, 0.717) is 6.54 Å². The van der Waals surface area contributed by atoms with Crippen molar-refractivity contribution in [2.45, 2.75) is 6.54 Å². The predicted molar refractivity (Wildman–Crippen MR) is 66.3 cm³/mol. The highest BCUT2D eigenvalue weighted by molar-refractivity contribution is 5.59. The zero-order valence-corrected chi connectivity index (χ0v) is 9.27. The largest absolute Gasteiger partial charge is 0.304 e. The summed E-state index contributed by atoms with van der Waals surface area (Å²) in [5.41, 5.74) is 1.48. The average molecular weight is 229 g/mol. The van der Waals surface area contributed by atoms with E-state index < -0.39 is 0 Å². The molecule has 17 heavy (non-hydrogen) atoms. The minimum atomic E-state index is -0.290. The molecular formula is C14H12FNO. The summed E-state index contributed by atoms with van der Waals surface area (Å²) < 4.78 is 14.4. The summed E-state index contributed by atoms with van der Waals surface area (Å²) >= 11 is 0. The van der Waals surface area contributed by atoms with Crippen LogP contribution in [0.3, 0.4) is 0 Å². The van der Waals surface area contributed by atoms with Crippen LogP contribution in [0.2, 0.25) is 0 Å². The lowest BCUT2D eigenvalue weighted by atomic mass is 10.1. The Kier molecular flexibility index (Phi) is 3.19. The second-order valence-corrected chi connectivity index (χ2v) is 3.66. The van der Waals surface area contributed by atoms with Gasteiger partial charge in [0.25, 0.3) is 5.56 Å². The molecule has 0 bridgehead atoms.